The first-order valence-corrected chi connectivity index (χ1v) is 4.33. The van der Waals surface area contributed by atoms with Crippen molar-refractivity contribution in [1.82, 2.24) is 9.55 Å². The highest BCUT2D eigenvalue weighted by molar-refractivity contribution is 6.08. The van der Waals surface area contributed by atoms with Crippen LogP contribution in [0.2, 0.25) is 0 Å². The van der Waals surface area contributed by atoms with Crippen molar-refractivity contribution in [2.24, 2.45) is 7.05 Å². The summed E-state index contributed by atoms with van der Waals surface area (Å²) in [6.07, 6.45) is -0.0405. The fraction of sp³-hybridized carbons (Fsp3) is 0.200. The molecule has 0 aliphatic heterocycles. The summed E-state index contributed by atoms with van der Waals surface area (Å²) in [7, 11) is 1.66. The van der Waals surface area contributed by atoms with Crippen LogP contribution in [0.3, 0.4) is 0 Å². The summed E-state index contributed by atoms with van der Waals surface area (Å²) in [5, 5.41) is 0.463. The fourth-order valence-electron chi connectivity index (χ4n) is 1.53. The molecule has 2 aromatic rings. The Morgan fingerprint density at radius 3 is 2.93 bits per heavy atom. The molecule has 0 bridgehead atoms. The summed E-state index contributed by atoms with van der Waals surface area (Å²) >= 11 is 0. The molecule has 0 saturated heterocycles. The third-order valence-corrected chi connectivity index (χ3v) is 2.20. The highest BCUT2D eigenvalue weighted by atomic mass is 19.3. The van der Waals surface area contributed by atoms with Crippen LogP contribution in [0.1, 0.15) is 10.4 Å². The first-order valence-electron chi connectivity index (χ1n) is 4.33. The highest BCUT2D eigenvalue weighted by Crippen LogP contribution is 2.20. The first kappa shape index (κ1) is 9.76. The molecule has 0 amide bonds. The Morgan fingerprint density at radius 1 is 1.53 bits per heavy atom. The molecule has 0 radical (unpaired) electrons. The lowest BCUT2D eigenvalue weighted by Gasteiger charge is -1.95. The molecule has 2 heterocycles. The molecular weight excluding hydrogens is 202 g/mol. The van der Waals surface area contributed by atoms with E-state index in [1.54, 1.807) is 29.9 Å². The Bertz CT molecular complexity index is 519. The number of aryl methyl sites for hydroxylation is 1. The Hall–Kier alpha value is -1.78. The van der Waals surface area contributed by atoms with E-state index in [-0.39, 0.29) is 5.56 Å². The van der Waals surface area contributed by atoms with E-state index < -0.39 is 12.2 Å². The zero-order valence-corrected chi connectivity index (χ0v) is 7.95. The molecule has 15 heavy (non-hydrogen) atoms. The monoisotopic (exact) mass is 210 g/mol. The van der Waals surface area contributed by atoms with Crippen LogP contribution in [0.25, 0.3) is 11.0 Å². The number of hydrogen-bond acceptors (Lipinski definition) is 2. The number of fused-ring (bicyclic) bond motifs is 1. The number of carbonyl (C=O) groups excluding carboxylic acids is 1. The van der Waals surface area contributed by atoms with Crippen LogP contribution >= 0.6 is 0 Å². The molecule has 0 aliphatic rings. The van der Waals surface area contributed by atoms with Gasteiger partial charge in [0.1, 0.15) is 5.65 Å². The maximum Gasteiger partial charge on any atom is 0.300 e. The predicted molar refractivity (Wildman–Crippen MR) is 51.0 cm³/mol. The van der Waals surface area contributed by atoms with Crippen molar-refractivity contribution < 1.29 is 13.6 Å². The third kappa shape index (κ3) is 1.49. The van der Waals surface area contributed by atoms with Gasteiger partial charge in [0.2, 0.25) is 5.78 Å². The molecule has 2 rings (SSSR count). The van der Waals surface area contributed by atoms with Crippen molar-refractivity contribution in [2.45, 2.75) is 6.43 Å². The molecule has 5 heteroatoms. The van der Waals surface area contributed by atoms with Gasteiger partial charge in [-0.2, -0.15) is 0 Å². The van der Waals surface area contributed by atoms with Crippen molar-refractivity contribution in [2.75, 3.05) is 0 Å². The van der Waals surface area contributed by atoms with Crippen LogP contribution in [0, 0.1) is 0 Å². The second-order valence-electron chi connectivity index (χ2n) is 3.19. The lowest BCUT2D eigenvalue weighted by atomic mass is 10.1. The predicted octanol–water partition coefficient (Wildman–Crippen LogP) is 2.02. The van der Waals surface area contributed by atoms with Gasteiger partial charge in [-0.3, -0.25) is 4.79 Å². The summed E-state index contributed by atoms with van der Waals surface area (Å²) < 4.78 is 26.1. The zero-order valence-electron chi connectivity index (χ0n) is 7.95. The van der Waals surface area contributed by atoms with E-state index >= 15 is 0 Å². The van der Waals surface area contributed by atoms with E-state index in [1.165, 1.54) is 6.20 Å². The van der Waals surface area contributed by atoms with Gasteiger partial charge in [0, 0.05) is 24.8 Å². The van der Waals surface area contributed by atoms with Crippen molar-refractivity contribution in [3.05, 3.63) is 30.1 Å². The van der Waals surface area contributed by atoms with Crippen LogP contribution in [0.4, 0.5) is 8.78 Å². The Kier molecular flexibility index (Phi) is 2.22. The Morgan fingerprint density at radius 2 is 2.27 bits per heavy atom. The highest BCUT2D eigenvalue weighted by Gasteiger charge is 2.22. The average molecular weight is 210 g/mol. The minimum Gasteiger partial charge on any atom is -0.335 e. The number of halogens is 2. The molecule has 0 unspecified atom stereocenters. The van der Waals surface area contributed by atoms with Gasteiger partial charge < -0.3 is 4.57 Å². The first-order chi connectivity index (χ1) is 7.11. The fourth-order valence-corrected chi connectivity index (χ4v) is 1.53. The number of pyridine rings is 1. The van der Waals surface area contributed by atoms with Crippen LogP contribution in [0.15, 0.2) is 24.5 Å². The summed E-state index contributed by atoms with van der Waals surface area (Å²) in [6, 6.07) is 3.22. The second-order valence-corrected chi connectivity index (χ2v) is 3.19. The van der Waals surface area contributed by atoms with Crippen molar-refractivity contribution in [1.29, 1.82) is 0 Å². The van der Waals surface area contributed by atoms with Gasteiger partial charge in [-0.25, -0.2) is 13.8 Å². The SMILES string of the molecule is Cn1cc(C(=O)C(F)F)c2cccnc21. The van der Waals surface area contributed by atoms with Gasteiger partial charge >= 0.3 is 6.43 Å². The number of Topliss-reactive ketones (excluding diaryl/α,β-unsaturated/α-hetero) is 1. The molecule has 0 fully saturated rings. The topological polar surface area (TPSA) is 34.9 Å². The van der Waals surface area contributed by atoms with E-state index in [1.807, 2.05) is 0 Å². The van der Waals surface area contributed by atoms with E-state index in [4.69, 9.17) is 0 Å². The van der Waals surface area contributed by atoms with E-state index in [0.29, 0.717) is 11.0 Å². The largest absolute Gasteiger partial charge is 0.335 e. The molecule has 78 valence electrons. The molecule has 0 aromatic carbocycles. The molecule has 3 nitrogen and oxygen atoms in total. The number of aromatic nitrogens is 2. The van der Waals surface area contributed by atoms with Crippen LogP contribution in [0.5, 0.6) is 0 Å². The van der Waals surface area contributed by atoms with Gasteiger partial charge in [0.25, 0.3) is 0 Å². The molecule has 0 N–H and O–H groups in total. The van der Waals surface area contributed by atoms with Gasteiger partial charge in [0.15, 0.2) is 0 Å². The number of rotatable bonds is 2. The lowest BCUT2D eigenvalue weighted by Crippen LogP contribution is -2.09. The van der Waals surface area contributed by atoms with Crippen LogP contribution in [-0.4, -0.2) is 21.8 Å². The molecule has 0 saturated carbocycles. The smallest absolute Gasteiger partial charge is 0.300 e. The molecule has 0 atom stereocenters. The number of ketones is 1. The molecular formula is C10H8F2N2O. The van der Waals surface area contributed by atoms with Crippen molar-refractivity contribution in [3.8, 4) is 0 Å². The second kappa shape index (κ2) is 3.42. The molecule has 0 aliphatic carbocycles. The van der Waals surface area contributed by atoms with E-state index in [2.05, 4.69) is 4.98 Å². The maximum atomic E-state index is 12.3. The minimum absolute atomic E-state index is 0.0237. The van der Waals surface area contributed by atoms with E-state index in [9.17, 15) is 13.6 Å². The third-order valence-electron chi connectivity index (χ3n) is 2.20. The summed E-state index contributed by atoms with van der Waals surface area (Å²) in [6.45, 7) is 0. The van der Waals surface area contributed by atoms with Gasteiger partial charge in [-0.15, -0.1) is 0 Å². The minimum atomic E-state index is -2.98. The lowest BCUT2D eigenvalue weighted by molar-refractivity contribution is 0.0680. The Balaban J connectivity index is 2.67. The van der Waals surface area contributed by atoms with Crippen LogP contribution in [-0.2, 0) is 7.05 Å². The van der Waals surface area contributed by atoms with Gasteiger partial charge in [-0.1, -0.05) is 0 Å². The normalized spacial score (nSPS) is 11.2. The number of nitrogens with zero attached hydrogens (tertiary/aromatic N) is 2. The molecule has 0 spiro atoms. The van der Waals surface area contributed by atoms with Crippen LogP contribution < -0.4 is 0 Å². The molecule has 2 aromatic heterocycles. The quantitative estimate of drug-likeness (QED) is 0.711. The van der Waals surface area contributed by atoms with Gasteiger partial charge in [-0.05, 0) is 12.1 Å². The number of hydrogen-bond donors (Lipinski definition) is 0. The zero-order chi connectivity index (χ0) is 11.0. The van der Waals surface area contributed by atoms with Crippen molar-refractivity contribution in [3.63, 3.8) is 0 Å². The van der Waals surface area contributed by atoms with Crippen molar-refractivity contribution >= 4 is 16.8 Å². The summed E-state index contributed by atoms with van der Waals surface area (Å²) in [5.41, 5.74) is 0.553. The number of alkyl halides is 2. The van der Waals surface area contributed by atoms with Gasteiger partial charge in [0.05, 0.1) is 5.56 Å². The average Bonchev–Trinajstić information content (AvgIpc) is 2.56. The van der Waals surface area contributed by atoms with E-state index in [0.717, 1.165) is 0 Å². The standard InChI is InChI=1S/C10H8F2N2O/c1-14-5-7(8(15)9(11)12)6-3-2-4-13-10(6)14/h2-5,9H,1H3. The maximum absolute atomic E-state index is 12.3. The summed E-state index contributed by atoms with van der Waals surface area (Å²) in [5.74, 6) is -1.16. The summed E-state index contributed by atoms with van der Waals surface area (Å²) in [4.78, 5) is 15.2. The number of carbonyl (C=O) groups is 1. The Labute approximate surface area is 84.3 Å².